The van der Waals surface area contributed by atoms with Crippen molar-refractivity contribution in [1.82, 2.24) is 4.57 Å². The van der Waals surface area contributed by atoms with Crippen molar-refractivity contribution in [2.24, 2.45) is 0 Å². The number of fused-ring (bicyclic) bond motifs is 8. The van der Waals surface area contributed by atoms with Gasteiger partial charge in [0.25, 0.3) is 0 Å². The first-order valence-corrected chi connectivity index (χ1v) is 11.9. The van der Waals surface area contributed by atoms with Gasteiger partial charge in [0.05, 0.1) is 11.0 Å². The van der Waals surface area contributed by atoms with Gasteiger partial charge in [0.1, 0.15) is 0 Å². The van der Waals surface area contributed by atoms with Gasteiger partial charge in [-0.2, -0.15) is 0 Å². The molecular weight excluding hydrogens is 462 g/mol. The number of para-hydroxylation sites is 1. The number of thiophene rings is 1. The van der Waals surface area contributed by atoms with Crippen LogP contribution in [-0.4, -0.2) is 4.57 Å². The molecular formula is C28H16BrNS. The molecule has 0 bridgehead atoms. The van der Waals surface area contributed by atoms with Crippen molar-refractivity contribution in [3.63, 3.8) is 0 Å². The molecule has 7 rings (SSSR count). The predicted molar refractivity (Wildman–Crippen MR) is 139 cm³/mol. The fourth-order valence-corrected chi connectivity index (χ4v) is 6.39. The van der Waals surface area contributed by atoms with Gasteiger partial charge in [-0.15, -0.1) is 11.3 Å². The summed E-state index contributed by atoms with van der Waals surface area (Å²) in [5.41, 5.74) is 3.66. The van der Waals surface area contributed by atoms with Gasteiger partial charge in [0.2, 0.25) is 0 Å². The lowest BCUT2D eigenvalue weighted by molar-refractivity contribution is 1.18. The molecule has 7 aromatic rings. The molecule has 31 heavy (non-hydrogen) atoms. The number of halogens is 1. The highest BCUT2D eigenvalue weighted by Gasteiger charge is 2.16. The maximum Gasteiger partial charge on any atom is 0.0547 e. The van der Waals surface area contributed by atoms with Crippen LogP contribution in [0, 0.1) is 0 Å². The zero-order valence-corrected chi connectivity index (χ0v) is 18.9. The van der Waals surface area contributed by atoms with Crippen LogP contribution in [0.5, 0.6) is 0 Å². The average Bonchev–Trinajstić information content (AvgIpc) is 3.33. The van der Waals surface area contributed by atoms with Gasteiger partial charge in [0, 0.05) is 41.1 Å². The van der Waals surface area contributed by atoms with E-state index < -0.39 is 0 Å². The summed E-state index contributed by atoms with van der Waals surface area (Å²) in [6, 6.07) is 35.3. The van der Waals surface area contributed by atoms with E-state index in [1.54, 1.807) is 0 Å². The molecule has 0 unspecified atom stereocenters. The standard InChI is InChI=1S/C28H16BrNS/c29-18-11-13-24-23(15-18)28-21-16-22-20-8-4-5-9-26(20)31-27(22)14-17(21)10-12-25(28)30(24)19-6-2-1-3-7-19/h1-16H. The third kappa shape index (κ3) is 2.48. The average molecular weight is 478 g/mol. The summed E-state index contributed by atoms with van der Waals surface area (Å²) in [5, 5.41) is 7.88. The molecule has 0 saturated carbocycles. The van der Waals surface area contributed by atoms with Crippen LogP contribution in [-0.2, 0) is 0 Å². The lowest BCUT2D eigenvalue weighted by Crippen LogP contribution is -1.92. The summed E-state index contributed by atoms with van der Waals surface area (Å²) in [6.07, 6.45) is 0. The van der Waals surface area contributed by atoms with Gasteiger partial charge >= 0.3 is 0 Å². The van der Waals surface area contributed by atoms with E-state index in [0.717, 1.165) is 4.47 Å². The maximum atomic E-state index is 3.71. The van der Waals surface area contributed by atoms with Crippen molar-refractivity contribution in [3.8, 4) is 5.69 Å². The molecule has 0 atom stereocenters. The number of benzene rings is 5. The van der Waals surface area contributed by atoms with E-state index in [1.807, 2.05) is 11.3 Å². The third-order valence-electron chi connectivity index (χ3n) is 6.22. The molecule has 146 valence electrons. The molecule has 2 heterocycles. The van der Waals surface area contributed by atoms with E-state index in [1.165, 1.54) is 58.4 Å². The van der Waals surface area contributed by atoms with Crippen LogP contribution >= 0.6 is 27.3 Å². The molecule has 5 aromatic carbocycles. The first kappa shape index (κ1) is 17.5. The molecule has 0 spiro atoms. The molecule has 0 fully saturated rings. The van der Waals surface area contributed by atoms with Crippen molar-refractivity contribution in [2.75, 3.05) is 0 Å². The molecule has 0 saturated heterocycles. The van der Waals surface area contributed by atoms with Crippen molar-refractivity contribution < 1.29 is 0 Å². The normalized spacial score (nSPS) is 12.0. The van der Waals surface area contributed by atoms with E-state index in [2.05, 4.69) is 118 Å². The first-order chi connectivity index (χ1) is 15.3. The van der Waals surface area contributed by atoms with Crippen molar-refractivity contribution >= 4 is 80.0 Å². The molecule has 0 aliphatic heterocycles. The smallest absolute Gasteiger partial charge is 0.0547 e. The Kier molecular flexibility index (Phi) is 3.64. The van der Waals surface area contributed by atoms with Crippen LogP contribution in [0.4, 0.5) is 0 Å². The zero-order chi connectivity index (χ0) is 20.5. The molecule has 0 aliphatic rings. The van der Waals surface area contributed by atoms with Crippen LogP contribution in [0.2, 0.25) is 0 Å². The van der Waals surface area contributed by atoms with Gasteiger partial charge < -0.3 is 4.57 Å². The predicted octanol–water partition coefficient (Wildman–Crippen LogP) is 9.07. The molecule has 2 aromatic heterocycles. The van der Waals surface area contributed by atoms with Gasteiger partial charge in [-0.05, 0) is 65.4 Å². The fraction of sp³-hybridized carbons (Fsp3) is 0. The number of nitrogens with zero attached hydrogens (tertiary/aromatic N) is 1. The van der Waals surface area contributed by atoms with E-state index in [0.29, 0.717) is 0 Å². The minimum absolute atomic E-state index is 1.10. The SMILES string of the molecule is Brc1ccc2c(c1)c1c3cc4c(cc3ccc1n2-c1ccccc1)sc1ccccc14. The quantitative estimate of drug-likeness (QED) is 0.222. The third-order valence-corrected chi connectivity index (χ3v) is 7.85. The van der Waals surface area contributed by atoms with Gasteiger partial charge in [0.15, 0.2) is 0 Å². The molecule has 0 aliphatic carbocycles. The van der Waals surface area contributed by atoms with Gasteiger partial charge in [-0.1, -0.05) is 58.4 Å². The highest BCUT2D eigenvalue weighted by Crippen LogP contribution is 2.42. The second kappa shape index (κ2) is 6.43. The Bertz CT molecular complexity index is 1790. The minimum atomic E-state index is 1.10. The lowest BCUT2D eigenvalue weighted by Gasteiger charge is -2.08. The first-order valence-electron chi connectivity index (χ1n) is 10.3. The van der Waals surface area contributed by atoms with E-state index >= 15 is 0 Å². The van der Waals surface area contributed by atoms with Crippen LogP contribution in [0.15, 0.2) is 102 Å². The van der Waals surface area contributed by atoms with Crippen molar-refractivity contribution in [1.29, 1.82) is 0 Å². The largest absolute Gasteiger partial charge is 0.309 e. The zero-order valence-electron chi connectivity index (χ0n) is 16.5. The highest BCUT2D eigenvalue weighted by atomic mass is 79.9. The minimum Gasteiger partial charge on any atom is -0.309 e. The Morgan fingerprint density at radius 2 is 1.39 bits per heavy atom. The number of hydrogen-bond donors (Lipinski definition) is 0. The summed E-state index contributed by atoms with van der Waals surface area (Å²) < 4.78 is 6.18. The molecule has 0 N–H and O–H groups in total. The van der Waals surface area contributed by atoms with E-state index in [9.17, 15) is 0 Å². The fourth-order valence-electron chi connectivity index (χ4n) is 4.89. The summed E-state index contributed by atoms with van der Waals surface area (Å²) in [7, 11) is 0. The van der Waals surface area contributed by atoms with Gasteiger partial charge in [-0.25, -0.2) is 0 Å². The van der Waals surface area contributed by atoms with Crippen LogP contribution < -0.4 is 0 Å². The van der Waals surface area contributed by atoms with Crippen LogP contribution in [0.1, 0.15) is 0 Å². The summed E-state index contributed by atoms with van der Waals surface area (Å²) in [5.74, 6) is 0. The summed E-state index contributed by atoms with van der Waals surface area (Å²) in [6.45, 7) is 0. The summed E-state index contributed by atoms with van der Waals surface area (Å²) in [4.78, 5) is 0. The Morgan fingerprint density at radius 1 is 0.581 bits per heavy atom. The van der Waals surface area contributed by atoms with Crippen LogP contribution in [0.25, 0.3) is 58.4 Å². The number of aromatic nitrogens is 1. The van der Waals surface area contributed by atoms with Gasteiger partial charge in [-0.3, -0.25) is 0 Å². The van der Waals surface area contributed by atoms with Crippen LogP contribution in [0.3, 0.4) is 0 Å². The Labute approximate surface area is 191 Å². The molecule has 0 amide bonds. The highest BCUT2D eigenvalue weighted by molar-refractivity contribution is 9.10. The number of rotatable bonds is 1. The maximum absolute atomic E-state index is 3.71. The molecule has 1 nitrogen and oxygen atoms in total. The van der Waals surface area contributed by atoms with Crippen molar-refractivity contribution in [2.45, 2.75) is 0 Å². The Morgan fingerprint density at radius 3 is 2.29 bits per heavy atom. The second-order valence-corrected chi connectivity index (χ2v) is 9.96. The van der Waals surface area contributed by atoms with Crippen molar-refractivity contribution in [3.05, 3.63) is 102 Å². The van der Waals surface area contributed by atoms with E-state index in [-0.39, 0.29) is 0 Å². The molecule has 0 radical (unpaired) electrons. The number of hydrogen-bond acceptors (Lipinski definition) is 1. The van der Waals surface area contributed by atoms with E-state index in [4.69, 9.17) is 0 Å². The monoisotopic (exact) mass is 477 g/mol. The Balaban J connectivity index is 1.72. The molecule has 3 heteroatoms. The second-order valence-electron chi connectivity index (χ2n) is 7.96. The Hall–Kier alpha value is -3.14. The summed E-state index contributed by atoms with van der Waals surface area (Å²) >= 11 is 5.58. The topological polar surface area (TPSA) is 4.93 Å². The lowest BCUT2D eigenvalue weighted by atomic mass is 10.0.